The summed E-state index contributed by atoms with van der Waals surface area (Å²) in [7, 11) is 0. The van der Waals surface area contributed by atoms with E-state index in [1.54, 1.807) is 23.5 Å². The van der Waals surface area contributed by atoms with E-state index < -0.39 is 0 Å². The molecular formula is C19H22Cl2FN3OS. The number of nitrogens with zero attached hydrogens (tertiary/aromatic N) is 2. The van der Waals surface area contributed by atoms with Crippen molar-refractivity contribution in [1.29, 1.82) is 0 Å². The lowest BCUT2D eigenvalue weighted by Crippen LogP contribution is -2.45. The predicted octanol–water partition coefficient (Wildman–Crippen LogP) is 4.84. The molecule has 1 atom stereocenters. The van der Waals surface area contributed by atoms with Crippen molar-refractivity contribution in [2.24, 2.45) is 0 Å². The number of hydrogen-bond acceptors (Lipinski definition) is 5. The Hall–Kier alpha value is -1.44. The molecule has 4 nitrogen and oxygen atoms in total. The van der Waals surface area contributed by atoms with Gasteiger partial charge in [0.25, 0.3) is 0 Å². The molecule has 3 aromatic rings. The smallest absolute Gasteiger partial charge is 0.227 e. The molecule has 1 saturated heterocycles. The summed E-state index contributed by atoms with van der Waals surface area (Å²) in [6, 6.07) is 9.01. The molecule has 3 heterocycles. The van der Waals surface area contributed by atoms with Gasteiger partial charge in [0, 0.05) is 43.2 Å². The molecule has 1 aromatic carbocycles. The van der Waals surface area contributed by atoms with Gasteiger partial charge in [-0.2, -0.15) is 11.3 Å². The topological polar surface area (TPSA) is 41.3 Å². The number of aromatic nitrogens is 1. The molecule has 0 aliphatic carbocycles. The summed E-state index contributed by atoms with van der Waals surface area (Å²) in [6.07, 6.45) is 0. The van der Waals surface area contributed by atoms with E-state index in [9.17, 15) is 4.39 Å². The number of oxazole rings is 1. The van der Waals surface area contributed by atoms with Crippen LogP contribution >= 0.6 is 36.2 Å². The minimum absolute atomic E-state index is 0. The number of nitrogens with one attached hydrogen (secondary N) is 1. The zero-order valence-corrected chi connectivity index (χ0v) is 17.3. The Kier molecular flexibility index (Phi) is 7.82. The lowest BCUT2D eigenvalue weighted by molar-refractivity contribution is 0.151. The summed E-state index contributed by atoms with van der Waals surface area (Å²) < 4.78 is 19.5. The largest absolute Gasteiger partial charge is 0.441 e. The minimum atomic E-state index is -0.194. The van der Waals surface area contributed by atoms with Gasteiger partial charge in [-0.3, -0.25) is 4.90 Å². The van der Waals surface area contributed by atoms with Gasteiger partial charge in [-0.15, -0.1) is 24.8 Å². The van der Waals surface area contributed by atoms with Crippen molar-refractivity contribution in [3.8, 4) is 11.5 Å². The highest BCUT2D eigenvalue weighted by Gasteiger charge is 2.26. The van der Waals surface area contributed by atoms with E-state index in [2.05, 4.69) is 10.2 Å². The molecule has 1 fully saturated rings. The monoisotopic (exact) mass is 429 g/mol. The van der Waals surface area contributed by atoms with Crippen molar-refractivity contribution in [2.75, 3.05) is 19.6 Å². The first-order chi connectivity index (χ1) is 12.2. The number of aryl methyl sites for hydroxylation is 1. The van der Waals surface area contributed by atoms with Crippen LogP contribution in [0, 0.1) is 12.7 Å². The fourth-order valence-electron chi connectivity index (χ4n) is 3.25. The molecule has 1 aliphatic heterocycles. The molecule has 0 spiro atoms. The van der Waals surface area contributed by atoms with Crippen LogP contribution in [0.25, 0.3) is 11.5 Å². The summed E-state index contributed by atoms with van der Waals surface area (Å²) in [5, 5.41) is 7.46. The normalized spacial score (nSPS) is 17.2. The maximum absolute atomic E-state index is 13.6. The lowest BCUT2D eigenvalue weighted by atomic mass is 10.0. The molecule has 146 valence electrons. The first-order valence-electron chi connectivity index (χ1n) is 8.40. The Morgan fingerprint density at radius 3 is 2.93 bits per heavy atom. The molecule has 0 saturated carbocycles. The molecule has 8 heteroatoms. The Labute approximate surface area is 174 Å². The van der Waals surface area contributed by atoms with Crippen molar-refractivity contribution in [3.63, 3.8) is 0 Å². The highest BCUT2D eigenvalue weighted by Crippen LogP contribution is 2.28. The van der Waals surface area contributed by atoms with Crippen LogP contribution in [0.3, 0.4) is 0 Å². The molecule has 1 aliphatic rings. The van der Waals surface area contributed by atoms with Crippen LogP contribution in [0.5, 0.6) is 0 Å². The number of hydrogen-bond donors (Lipinski definition) is 1. The van der Waals surface area contributed by atoms with E-state index in [1.165, 1.54) is 6.07 Å². The van der Waals surface area contributed by atoms with Gasteiger partial charge in [0.05, 0.1) is 5.69 Å². The van der Waals surface area contributed by atoms with Crippen LogP contribution in [0.4, 0.5) is 4.39 Å². The molecule has 4 rings (SSSR count). The number of benzene rings is 1. The second-order valence-electron chi connectivity index (χ2n) is 6.28. The highest BCUT2D eigenvalue weighted by atomic mass is 35.5. The van der Waals surface area contributed by atoms with E-state index in [1.807, 2.05) is 29.8 Å². The van der Waals surface area contributed by atoms with Crippen molar-refractivity contribution in [2.45, 2.75) is 19.5 Å². The Bertz CT molecular complexity index is 857. The zero-order valence-electron chi connectivity index (χ0n) is 14.9. The van der Waals surface area contributed by atoms with Gasteiger partial charge < -0.3 is 9.73 Å². The van der Waals surface area contributed by atoms with Gasteiger partial charge in [-0.05, 0) is 36.1 Å². The lowest BCUT2D eigenvalue weighted by Gasteiger charge is -2.36. The molecule has 1 unspecified atom stereocenters. The van der Waals surface area contributed by atoms with Gasteiger partial charge in [-0.25, -0.2) is 9.37 Å². The van der Waals surface area contributed by atoms with E-state index in [0.29, 0.717) is 12.4 Å². The highest BCUT2D eigenvalue weighted by molar-refractivity contribution is 7.08. The first kappa shape index (κ1) is 21.9. The third kappa shape index (κ3) is 4.89. The molecule has 0 amide bonds. The zero-order chi connectivity index (χ0) is 17.2. The summed E-state index contributed by atoms with van der Waals surface area (Å²) >= 11 is 1.63. The van der Waals surface area contributed by atoms with E-state index >= 15 is 0 Å². The van der Waals surface area contributed by atoms with Crippen LogP contribution in [0.2, 0.25) is 0 Å². The van der Waals surface area contributed by atoms with Crippen molar-refractivity contribution in [3.05, 3.63) is 63.9 Å². The summed E-state index contributed by atoms with van der Waals surface area (Å²) in [6.45, 7) is 5.26. The van der Waals surface area contributed by atoms with Crippen molar-refractivity contribution in [1.82, 2.24) is 15.2 Å². The van der Waals surface area contributed by atoms with Crippen LogP contribution in [-0.4, -0.2) is 29.5 Å². The van der Waals surface area contributed by atoms with E-state index in [-0.39, 0.29) is 36.7 Å². The number of rotatable bonds is 4. The summed E-state index contributed by atoms with van der Waals surface area (Å²) in [5.41, 5.74) is 2.96. The fourth-order valence-corrected chi connectivity index (χ4v) is 3.88. The Morgan fingerprint density at radius 1 is 1.33 bits per heavy atom. The summed E-state index contributed by atoms with van der Waals surface area (Å²) in [4.78, 5) is 7.04. The molecule has 2 aromatic heterocycles. The number of halogens is 3. The number of piperazine rings is 1. The standard InChI is InChI=1S/C19H20FN3OS.2ClH/c1-13-17(22-19(24-13)15-5-8-25-12-15)11-23-7-6-21-10-18(23)14-3-2-4-16(20)9-14;;/h2-5,8-9,12,18,21H,6-7,10-11H2,1H3;2*1H. The Morgan fingerprint density at radius 2 is 2.19 bits per heavy atom. The maximum atomic E-state index is 13.6. The van der Waals surface area contributed by atoms with Crippen LogP contribution in [-0.2, 0) is 6.54 Å². The fraction of sp³-hybridized carbons (Fsp3) is 0.316. The average Bonchev–Trinajstić information content (AvgIpc) is 3.26. The molecule has 27 heavy (non-hydrogen) atoms. The van der Waals surface area contributed by atoms with Gasteiger partial charge in [0.1, 0.15) is 11.6 Å². The molecule has 0 radical (unpaired) electrons. The first-order valence-corrected chi connectivity index (χ1v) is 9.34. The minimum Gasteiger partial charge on any atom is -0.441 e. The third-order valence-electron chi connectivity index (χ3n) is 4.60. The second kappa shape index (κ2) is 9.66. The molecule has 0 bridgehead atoms. The van der Waals surface area contributed by atoms with Gasteiger partial charge in [0.15, 0.2) is 0 Å². The molecular weight excluding hydrogens is 408 g/mol. The Balaban J connectivity index is 0.00000131. The summed E-state index contributed by atoms with van der Waals surface area (Å²) in [5.74, 6) is 1.32. The van der Waals surface area contributed by atoms with Crippen LogP contribution in [0.1, 0.15) is 23.1 Å². The quantitative estimate of drug-likeness (QED) is 0.643. The van der Waals surface area contributed by atoms with E-state index in [0.717, 1.165) is 42.2 Å². The van der Waals surface area contributed by atoms with E-state index in [4.69, 9.17) is 9.40 Å². The maximum Gasteiger partial charge on any atom is 0.227 e. The van der Waals surface area contributed by atoms with Crippen LogP contribution < -0.4 is 5.32 Å². The predicted molar refractivity (Wildman–Crippen MR) is 111 cm³/mol. The SMILES string of the molecule is Cc1oc(-c2ccsc2)nc1CN1CCNCC1c1cccc(F)c1.Cl.Cl. The van der Waals surface area contributed by atoms with Crippen molar-refractivity contribution < 1.29 is 8.81 Å². The van der Waals surface area contributed by atoms with Gasteiger partial charge in [-0.1, -0.05) is 12.1 Å². The van der Waals surface area contributed by atoms with Gasteiger partial charge >= 0.3 is 0 Å². The van der Waals surface area contributed by atoms with Crippen LogP contribution in [0.15, 0.2) is 45.5 Å². The average molecular weight is 430 g/mol. The van der Waals surface area contributed by atoms with Gasteiger partial charge in [0.2, 0.25) is 5.89 Å². The van der Waals surface area contributed by atoms with Crippen molar-refractivity contribution >= 4 is 36.2 Å². The third-order valence-corrected chi connectivity index (χ3v) is 5.28. The second-order valence-corrected chi connectivity index (χ2v) is 7.06. The number of thiophene rings is 1. The molecule has 1 N–H and O–H groups in total.